The summed E-state index contributed by atoms with van der Waals surface area (Å²) in [6, 6.07) is 10.1. The van der Waals surface area contributed by atoms with Gasteiger partial charge in [-0.2, -0.15) is 0 Å². The maximum atomic E-state index is 12.9. The maximum Gasteiger partial charge on any atom is 0.404 e. The molecule has 2 aromatic carbocycles. The summed E-state index contributed by atoms with van der Waals surface area (Å²) < 4.78 is 27.9. The van der Waals surface area contributed by atoms with Gasteiger partial charge < -0.3 is 39.3 Å². The van der Waals surface area contributed by atoms with Crippen LogP contribution in [-0.4, -0.2) is 59.4 Å². The third kappa shape index (κ3) is 5.53. The number of carbonyl (C=O) groups is 2. The van der Waals surface area contributed by atoms with E-state index in [1.54, 1.807) is 39.0 Å². The molecule has 0 aliphatic carbocycles. The molecule has 1 aliphatic heterocycles. The molecule has 40 heavy (non-hydrogen) atoms. The summed E-state index contributed by atoms with van der Waals surface area (Å²) in [6.07, 6.45) is -5.55. The van der Waals surface area contributed by atoms with Gasteiger partial charge in [-0.05, 0) is 51.0 Å². The molecule has 1 fully saturated rings. The Balaban J connectivity index is 1.65. The first-order valence-corrected chi connectivity index (χ1v) is 12.8. The molecule has 4 N–H and O–H groups in total. The highest BCUT2D eigenvalue weighted by atomic mass is 16.7. The van der Waals surface area contributed by atoms with Crippen LogP contribution in [0.4, 0.5) is 4.79 Å². The second-order valence-corrected chi connectivity index (χ2v) is 10.2. The van der Waals surface area contributed by atoms with Crippen LogP contribution in [0.15, 0.2) is 45.6 Å². The van der Waals surface area contributed by atoms with Crippen LogP contribution in [0.5, 0.6) is 11.5 Å². The molecule has 4 atom stereocenters. The lowest BCUT2D eigenvalue weighted by atomic mass is 9.89. The minimum Gasteiger partial charge on any atom is -0.507 e. The number of amides is 1. The van der Waals surface area contributed by atoms with E-state index in [1.165, 1.54) is 19.2 Å². The molecule has 3 aromatic rings. The summed E-state index contributed by atoms with van der Waals surface area (Å²) in [4.78, 5) is 37.3. The molecule has 0 radical (unpaired) electrons. The lowest BCUT2D eigenvalue weighted by Gasteiger charge is -2.47. The zero-order valence-electron chi connectivity index (χ0n) is 22.9. The molecular formula is C29H33NO10. The van der Waals surface area contributed by atoms with Gasteiger partial charge in [0.2, 0.25) is 6.29 Å². The number of aryl methyl sites for hydroxylation is 2. The fourth-order valence-corrected chi connectivity index (χ4v) is 4.98. The van der Waals surface area contributed by atoms with E-state index >= 15 is 0 Å². The highest BCUT2D eigenvalue weighted by Crippen LogP contribution is 2.37. The van der Waals surface area contributed by atoms with Crippen molar-refractivity contribution in [3.63, 3.8) is 0 Å². The maximum absolute atomic E-state index is 12.9. The van der Waals surface area contributed by atoms with Crippen molar-refractivity contribution in [2.24, 2.45) is 5.73 Å². The van der Waals surface area contributed by atoms with Crippen molar-refractivity contribution in [1.29, 1.82) is 0 Å². The van der Waals surface area contributed by atoms with Crippen molar-refractivity contribution in [3.8, 4) is 11.5 Å². The number of nitrogens with two attached hydrogens (primary N) is 1. The number of ether oxygens (including phenoxy) is 4. The van der Waals surface area contributed by atoms with Crippen molar-refractivity contribution >= 4 is 22.8 Å². The number of methoxy groups -OCH3 is 1. The Morgan fingerprint density at radius 1 is 1.18 bits per heavy atom. The van der Waals surface area contributed by atoms with E-state index in [-0.39, 0.29) is 40.2 Å². The molecule has 11 heteroatoms. The molecule has 4 rings (SSSR count). The minimum absolute atomic E-state index is 0.0356. The third-order valence-electron chi connectivity index (χ3n) is 7.10. The van der Waals surface area contributed by atoms with Gasteiger partial charge in [-0.1, -0.05) is 25.1 Å². The van der Waals surface area contributed by atoms with Crippen molar-refractivity contribution in [2.45, 2.75) is 70.7 Å². The fourth-order valence-electron chi connectivity index (χ4n) is 4.98. The van der Waals surface area contributed by atoms with Crippen LogP contribution in [0.2, 0.25) is 0 Å². The molecule has 0 spiro atoms. The number of aromatic hydroxyl groups is 1. The monoisotopic (exact) mass is 555 g/mol. The number of hydrogen-bond acceptors (Lipinski definition) is 10. The molecule has 0 saturated carbocycles. The summed E-state index contributed by atoms with van der Waals surface area (Å²) in [5.41, 5.74) is 4.89. The summed E-state index contributed by atoms with van der Waals surface area (Å²) in [5, 5.41) is 22.1. The number of hydrogen-bond donors (Lipinski definition) is 3. The van der Waals surface area contributed by atoms with E-state index in [0.29, 0.717) is 11.1 Å². The van der Waals surface area contributed by atoms with Crippen LogP contribution in [-0.2, 0) is 27.1 Å². The van der Waals surface area contributed by atoms with Gasteiger partial charge in [0.05, 0.1) is 16.6 Å². The van der Waals surface area contributed by atoms with Crippen LogP contribution in [0.1, 0.15) is 47.8 Å². The van der Waals surface area contributed by atoms with Crippen molar-refractivity contribution in [1.82, 2.24) is 0 Å². The Morgan fingerprint density at radius 2 is 1.90 bits per heavy atom. The average molecular weight is 556 g/mol. The molecule has 1 aliphatic rings. The van der Waals surface area contributed by atoms with Gasteiger partial charge in [0.1, 0.15) is 23.2 Å². The van der Waals surface area contributed by atoms with Crippen LogP contribution in [0.25, 0.3) is 11.0 Å². The van der Waals surface area contributed by atoms with E-state index < -0.39 is 41.9 Å². The summed E-state index contributed by atoms with van der Waals surface area (Å²) in [7, 11) is 1.38. The quantitative estimate of drug-likeness (QED) is 0.277. The van der Waals surface area contributed by atoms with Gasteiger partial charge in [0.15, 0.2) is 18.0 Å². The second-order valence-electron chi connectivity index (χ2n) is 10.2. The molecule has 11 nitrogen and oxygen atoms in total. The predicted molar refractivity (Wildman–Crippen MR) is 144 cm³/mol. The molecule has 1 saturated heterocycles. The molecule has 0 unspecified atom stereocenters. The van der Waals surface area contributed by atoms with Crippen LogP contribution in [0, 0.1) is 6.92 Å². The van der Waals surface area contributed by atoms with Gasteiger partial charge >= 0.3 is 11.7 Å². The molecule has 214 valence electrons. The van der Waals surface area contributed by atoms with E-state index in [1.807, 2.05) is 13.0 Å². The normalized spacial score (nSPS) is 22.1. The van der Waals surface area contributed by atoms with Gasteiger partial charge in [-0.3, -0.25) is 4.79 Å². The van der Waals surface area contributed by atoms with E-state index in [0.717, 1.165) is 12.0 Å². The Bertz CT molecular complexity index is 1490. The Morgan fingerprint density at radius 3 is 2.55 bits per heavy atom. The number of carbonyl (C=O) groups excluding carboxylic acids is 2. The highest BCUT2D eigenvalue weighted by molar-refractivity contribution is 5.99. The Hall–Kier alpha value is -3.93. The van der Waals surface area contributed by atoms with Gasteiger partial charge in [0.25, 0.3) is 0 Å². The molecule has 1 aromatic heterocycles. The number of ketones is 1. The first kappa shape index (κ1) is 29.1. The molecular weight excluding hydrogens is 522 g/mol. The largest absolute Gasteiger partial charge is 0.507 e. The number of fused-ring (bicyclic) bond motifs is 1. The molecule has 0 bridgehead atoms. The van der Waals surface area contributed by atoms with E-state index in [2.05, 4.69) is 0 Å². The summed E-state index contributed by atoms with van der Waals surface area (Å²) in [5.74, 6) is -0.528. The predicted octanol–water partition coefficient (Wildman–Crippen LogP) is 3.15. The Kier molecular flexibility index (Phi) is 8.20. The zero-order chi connectivity index (χ0) is 29.4. The van der Waals surface area contributed by atoms with Gasteiger partial charge in [-0.25, -0.2) is 9.59 Å². The number of rotatable bonds is 8. The van der Waals surface area contributed by atoms with Gasteiger partial charge in [0, 0.05) is 24.7 Å². The molecule has 2 heterocycles. The number of aliphatic hydroxyl groups excluding tert-OH is 1. The van der Waals surface area contributed by atoms with Crippen LogP contribution < -0.4 is 16.1 Å². The first-order chi connectivity index (χ1) is 18.9. The SMILES string of the molecule is CCc1cccc(C(=O)Cc2c(O)c3ccc(O[C@@H]4OC(C)(C)[C@H](OC)[C@@H](OC(N)=O)[C@H]4O)c(C)c3oc2=O)c1. The topological polar surface area (TPSA) is 168 Å². The van der Waals surface area contributed by atoms with Crippen LogP contribution in [0.3, 0.4) is 0 Å². The highest BCUT2D eigenvalue weighted by Gasteiger charge is 2.53. The van der Waals surface area contributed by atoms with Crippen molar-refractivity contribution in [2.75, 3.05) is 7.11 Å². The number of Topliss-reactive ketones (excluding diaryl/α,β-unsaturated/α-hetero) is 1. The molecule has 1 amide bonds. The number of benzene rings is 2. The second kappa shape index (κ2) is 11.3. The van der Waals surface area contributed by atoms with E-state index in [4.69, 9.17) is 29.1 Å². The van der Waals surface area contributed by atoms with Crippen molar-refractivity contribution < 1.29 is 43.2 Å². The summed E-state index contributed by atoms with van der Waals surface area (Å²) in [6.45, 7) is 6.91. The fraction of sp³-hybridized carbons (Fsp3) is 0.414. The summed E-state index contributed by atoms with van der Waals surface area (Å²) >= 11 is 0. The smallest absolute Gasteiger partial charge is 0.404 e. The first-order valence-electron chi connectivity index (χ1n) is 12.8. The lowest BCUT2D eigenvalue weighted by Crippen LogP contribution is -2.65. The number of primary amides is 1. The zero-order valence-corrected chi connectivity index (χ0v) is 22.9. The Labute approximate surface area is 230 Å². The number of aliphatic hydroxyl groups is 1. The van der Waals surface area contributed by atoms with E-state index in [9.17, 15) is 24.6 Å². The van der Waals surface area contributed by atoms with Gasteiger partial charge in [-0.15, -0.1) is 0 Å². The van der Waals surface area contributed by atoms with Crippen molar-refractivity contribution in [3.05, 3.63) is 69.1 Å². The average Bonchev–Trinajstić information content (AvgIpc) is 2.90. The lowest BCUT2D eigenvalue weighted by molar-refractivity contribution is -0.304. The minimum atomic E-state index is -1.49. The van der Waals surface area contributed by atoms with Crippen LogP contribution >= 0.6 is 0 Å². The third-order valence-corrected chi connectivity index (χ3v) is 7.10. The standard InChI is InChI=1S/C29H33NO10/c1-6-15-8-7-9-16(12-15)19(31)13-18-21(32)17-10-11-20(14(2)23(17)38-26(18)34)37-27-22(33)24(39-28(30)35)25(36-5)29(3,4)40-27/h7-12,22,24-25,27,32-33H,6,13H2,1-5H3,(H2,30,35)/t22-,24+,25-,27-/m1/s1.